The van der Waals surface area contributed by atoms with Crippen LogP contribution in [0.1, 0.15) is 16.1 Å². The van der Waals surface area contributed by atoms with Crippen LogP contribution in [0.5, 0.6) is 5.75 Å². The van der Waals surface area contributed by atoms with Gasteiger partial charge in [0.25, 0.3) is 11.6 Å². The Labute approximate surface area is 199 Å². The fraction of sp³-hybridized carbons (Fsp3) is 0.167. The van der Waals surface area contributed by atoms with Gasteiger partial charge < -0.3 is 14.8 Å². The number of non-ortho nitro benzene ring substituents is 1. The van der Waals surface area contributed by atoms with E-state index in [1.165, 1.54) is 25.3 Å². The third-order valence-corrected chi connectivity index (χ3v) is 5.26. The maximum absolute atomic E-state index is 13.0. The van der Waals surface area contributed by atoms with Crippen molar-refractivity contribution in [1.29, 1.82) is 0 Å². The first-order valence-electron chi connectivity index (χ1n) is 10.5. The second-order valence-electron chi connectivity index (χ2n) is 7.59. The highest BCUT2D eigenvalue weighted by molar-refractivity contribution is 6.06. The van der Waals surface area contributed by atoms with Crippen LogP contribution in [0, 0.1) is 17.0 Å². The molecular formula is C24H21N5O6. The Kier molecular flexibility index (Phi) is 6.40. The molecule has 178 valence electrons. The van der Waals surface area contributed by atoms with Gasteiger partial charge in [-0.2, -0.15) is 5.10 Å². The van der Waals surface area contributed by atoms with Gasteiger partial charge in [0.15, 0.2) is 12.3 Å². The number of nitrogens with zero attached hydrogens (tertiary/aromatic N) is 4. The van der Waals surface area contributed by atoms with Gasteiger partial charge in [-0.1, -0.05) is 30.3 Å². The Morgan fingerprint density at radius 2 is 1.89 bits per heavy atom. The molecule has 0 fully saturated rings. The fourth-order valence-electron chi connectivity index (χ4n) is 3.65. The minimum atomic E-state index is -0.712. The summed E-state index contributed by atoms with van der Waals surface area (Å²) in [7, 11) is 3.06. The topological polar surface area (TPSA) is 138 Å². The summed E-state index contributed by atoms with van der Waals surface area (Å²) in [6.45, 7) is 1.18. The van der Waals surface area contributed by atoms with Crippen LogP contribution in [0.3, 0.4) is 0 Å². The van der Waals surface area contributed by atoms with E-state index in [1.807, 2.05) is 30.3 Å². The molecule has 0 saturated carbocycles. The number of aryl methyl sites for hydroxylation is 2. The van der Waals surface area contributed by atoms with Gasteiger partial charge in [0.1, 0.15) is 5.75 Å². The SMILES string of the molecule is COc1cc([N+](=O)[O-])ccc1NC(=O)COC(=O)c1cc(-c2ccccc2)nc2c1c(C)nn2C. The van der Waals surface area contributed by atoms with Crippen LogP contribution in [-0.2, 0) is 16.6 Å². The van der Waals surface area contributed by atoms with Gasteiger partial charge in [-0.15, -0.1) is 0 Å². The number of nitro groups is 1. The molecule has 4 aromatic rings. The molecule has 0 bridgehead atoms. The van der Waals surface area contributed by atoms with Gasteiger partial charge in [-0.05, 0) is 19.1 Å². The van der Waals surface area contributed by atoms with Gasteiger partial charge in [0, 0.05) is 18.7 Å². The lowest BCUT2D eigenvalue weighted by molar-refractivity contribution is -0.384. The highest BCUT2D eigenvalue weighted by atomic mass is 16.6. The summed E-state index contributed by atoms with van der Waals surface area (Å²) in [5.74, 6) is -1.24. The second kappa shape index (κ2) is 9.59. The van der Waals surface area contributed by atoms with E-state index in [0.29, 0.717) is 22.4 Å². The number of amides is 1. The van der Waals surface area contributed by atoms with Gasteiger partial charge in [0.2, 0.25) is 0 Å². The number of nitrogens with one attached hydrogen (secondary N) is 1. The number of esters is 1. The van der Waals surface area contributed by atoms with Crippen LogP contribution in [0.2, 0.25) is 0 Å². The quantitative estimate of drug-likeness (QED) is 0.243. The molecule has 2 heterocycles. The summed E-state index contributed by atoms with van der Waals surface area (Å²) >= 11 is 0. The molecule has 2 aromatic carbocycles. The summed E-state index contributed by atoms with van der Waals surface area (Å²) in [4.78, 5) is 40.5. The third-order valence-electron chi connectivity index (χ3n) is 5.26. The maximum atomic E-state index is 13.0. The van der Waals surface area contributed by atoms with Gasteiger partial charge >= 0.3 is 5.97 Å². The van der Waals surface area contributed by atoms with E-state index in [9.17, 15) is 19.7 Å². The number of rotatable bonds is 7. The van der Waals surface area contributed by atoms with E-state index in [0.717, 1.165) is 5.56 Å². The molecule has 0 atom stereocenters. The van der Waals surface area contributed by atoms with Gasteiger partial charge in [-0.3, -0.25) is 19.6 Å². The molecule has 1 N–H and O–H groups in total. The molecule has 0 aliphatic rings. The second-order valence-corrected chi connectivity index (χ2v) is 7.59. The lowest BCUT2D eigenvalue weighted by atomic mass is 10.1. The van der Waals surface area contributed by atoms with Crippen molar-refractivity contribution in [3.8, 4) is 17.0 Å². The fourth-order valence-corrected chi connectivity index (χ4v) is 3.65. The summed E-state index contributed by atoms with van der Waals surface area (Å²) in [5, 5.41) is 18.4. The first-order valence-corrected chi connectivity index (χ1v) is 10.5. The highest BCUT2D eigenvalue weighted by Gasteiger charge is 2.21. The normalized spacial score (nSPS) is 10.7. The Morgan fingerprint density at radius 3 is 2.57 bits per heavy atom. The number of hydrogen-bond acceptors (Lipinski definition) is 8. The minimum absolute atomic E-state index is 0.105. The number of anilines is 1. The van der Waals surface area contributed by atoms with Crippen LogP contribution >= 0.6 is 0 Å². The number of hydrogen-bond donors (Lipinski definition) is 1. The van der Waals surface area contributed by atoms with Crippen LogP contribution in [0.25, 0.3) is 22.3 Å². The standard InChI is InChI=1S/C24H21N5O6/c1-14-22-17(12-19(15-7-5-4-6-8-15)26-23(22)28(2)27-14)24(31)35-13-21(30)25-18-10-9-16(29(32)33)11-20(18)34-3/h4-12H,13H2,1-3H3,(H,25,30). The Balaban J connectivity index is 1.56. The van der Waals surface area contributed by atoms with E-state index < -0.39 is 23.4 Å². The molecule has 0 unspecified atom stereocenters. The third kappa shape index (κ3) is 4.78. The summed E-state index contributed by atoms with van der Waals surface area (Å²) in [6.07, 6.45) is 0. The first-order chi connectivity index (χ1) is 16.8. The number of pyridine rings is 1. The lowest BCUT2D eigenvalue weighted by Gasteiger charge is -2.11. The zero-order valence-electron chi connectivity index (χ0n) is 19.1. The number of carbonyl (C=O) groups is 2. The van der Waals surface area contributed by atoms with Crippen molar-refractivity contribution in [3.05, 3.63) is 76.0 Å². The van der Waals surface area contributed by atoms with Crippen molar-refractivity contribution in [3.63, 3.8) is 0 Å². The summed E-state index contributed by atoms with van der Waals surface area (Å²) < 4.78 is 12.0. The number of fused-ring (bicyclic) bond motifs is 1. The zero-order valence-corrected chi connectivity index (χ0v) is 19.1. The number of nitro benzene ring substituents is 1. The van der Waals surface area contributed by atoms with Crippen LogP contribution in [-0.4, -0.2) is 45.3 Å². The van der Waals surface area contributed by atoms with Crippen molar-refractivity contribution in [2.24, 2.45) is 7.05 Å². The molecule has 35 heavy (non-hydrogen) atoms. The predicted molar refractivity (Wildman–Crippen MR) is 127 cm³/mol. The van der Waals surface area contributed by atoms with Crippen molar-refractivity contribution >= 4 is 34.3 Å². The average molecular weight is 475 g/mol. The predicted octanol–water partition coefficient (Wildman–Crippen LogP) is 3.66. The molecule has 1 amide bonds. The van der Waals surface area contributed by atoms with Crippen LogP contribution in [0.15, 0.2) is 54.6 Å². The monoisotopic (exact) mass is 475 g/mol. The van der Waals surface area contributed by atoms with E-state index in [1.54, 1.807) is 24.7 Å². The van der Waals surface area contributed by atoms with E-state index >= 15 is 0 Å². The van der Waals surface area contributed by atoms with E-state index in [4.69, 9.17) is 9.47 Å². The molecular weight excluding hydrogens is 454 g/mol. The maximum Gasteiger partial charge on any atom is 0.339 e. The average Bonchev–Trinajstić information content (AvgIpc) is 3.15. The minimum Gasteiger partial charge on any atom is -0.494 e. The van der Waals surface area contributed by atoms with Crippen LogP contribution in [0.4, 0.5) is 11.4 Å². The summed E-state index contributed by atoms with van der Waals surface area (Å²) in [5.41, 5.74) is 2.74. The summed E-state index contributed by atoms with van der Waals surface area (Å²) in [6, 6.07) is 14.7. The lowest BCUT2D eigenvalue weighted by Crippen LogP contribution is -2.21. The molecule has 4 rings (SSSR count). The number of ether oxygens (including phenoxy) is 2. The van der Waals surface area contributed by atoms with Crippen molar-refractivity contribution < 1.29 is 24.0 Å². The Bertz CT molecular complexity index is 1450. The van der Waals surface area contributed by atoms with Crippen molar-refractivity contribution in [2.45, 2.75) is 6.92 Å². The van der Waals surface area contributed by atoms with E-state index in [-0.39, 0.29) is 22.7 Å². The highest BCUT2D eigenvalue weighted by Crippen LogP contribution is 2.29. The largest absolute Gasteiger partial charge is 0.494 e. The molecule has 0 spiro atoms. The van der Waals surface area contributed by atoms with Gasteiger partial charge in [-0.25, -0.2) is 9.78 Å². The molecule has 0 radical (unpaired) electrons. The number of carbonyl (C=O) groups excluding carboxylic acids is 2. The van der Waals surface area contributed by atoms with Gasteiger partial charge in [0.05, 0.1) is 46.1 Å². The molecule has 11 heteroatoms. The van der Waals surface area contributed by atoms with Crippen molar-refractivity contribution in [1.82, 2.24) is 14.8 Å². The Morgan fingerprint density at radius 1 is 1.14 bits per heavy atom. The Hall–Kier alpha value is -4.80. The number of methoxy groups -OCH3 is 1. The first kappa shape index (κ1) is 23.4. The van der Waals surface area contributed by atoms with Crippen molar-refractivity contribution in [2.75, 3.05) is 19.0 Å². The van der Waals surface area contributed by atoms with E-state index in [2.05, 4.69) is 15.4 Å². The molecule has 0 aliphatic carbocycles. The zero-order chi connectivity index (χ0) is 25.1. The molecule has 11 nitrogen and oxygen atoms in total. The van der Waals surface area contributed by atoms with Crippen LogP contribution < -0.4 is 10.1 Å². The molecule has 0 saturated heterocycles. The molecule has 0 aliphatic heterocycles. The number of benzene rings is 2. The molecule has 2 aromatic heterocycles. The number of aromatic nitrogens is 3. The smallest absolute Gasteiger partial charge is 0.339 e.